The van der Waals surface area contributed by atoms with Gasteiger partial charge >= 0.3 is 5.97 Å². The van der Waals surface area contributed by atoms with E-state index in [1.165, 1.54) is 0 Å². The molecule has 1 rings (SSSR count). The minimum absolute atomic E-state index is 0.0845. The summed E-state index contributed by atoms with van der Waals surface area (Å²) < 4.78 is 4.75. The Balaban J connectivity index is 2.31. The number of hydrogen-bond donors (Lipinski definition) is 2. The Kier molecular flexibility index (Phi) is 4.96. The number of rotatable bonds is 6. The van der Waals surface area contributed by atoms with Crippen molar-refractivity contribution in [1.82, 2.24) is 10.5 Å². The number of carboxylic acids is 1. The van der Waals surface area contributed by atoms with Gasteiger partial charge in [0.2, 0.25) is 11.1 Å². The van der Waals surface area contributed by atoms with Crippen molar-refractivity contribution in [3.63, 3.8) is 0 Å². The number of aromatic nitrogens is 1. The molecule has 0 saturated carbocycles. The van der Waals surface area contributed by atoms with Crippen molar-refractivity contribution in [3.05, 3.63) is 16.5 Å². The van der Waals surface area contributed by atoms with Gasteiger partial charge in [-0.3, -0.25) is 9.59 Å². The monoisotopic (exact) mass is 260 g/mol. The quantitative estimate of drug-likeness (QED) is 0.801. The molecule has 1 heterocycles. The molecule has 0 bridgehead atoms. The van der Waals surface area contributed by atoms with Gasteiger partial charge in [-0.05, 0) is 24.9 Å². The van der Waals surface area contributed by atoms with Gasteiger partial charge < -0.3 is 14.9 Å². The minimum Gasteiger partial charge on any atom is -0.481 e. The third-order valence-corrected chi connectivity index (χ3v) is 2.50. The van der Waals surface area contributed by atoms with Crippen LogP contribution in [0.2, 0.25) is 5.22 Å². The standard InChI is InChI=1S/C10H13ClN2O4/c1-6-7(10(11)17-13-6)2-3-8(14)12-5-4-9(15)16/h2-5H2,1H3,(H,12,14)(H,15,16). The van der Waals surface area contributed by atoms with Crippen LogP contribution >= 0.6 is 11.6 Å². The fraction of sp³-hybridized carbons (Fsp3) is 0.500. The molecule has 1 aromatic heterocycles. The second-order valence-electron chi connectivity index (χ2n) is 3.51. The first-order valence-electron chi connectivity index (χ1n) is 5.10. The Labute approximate surface area is 103 Å². The number of aliphatic carboxylic acids is 1. The number of amides is 1. The fourth-order valence-electron chi connectivity index (χ4n) is 1.28. The first kappa shape index (κ1) is 13.5. The first-order chi connectivity index (χ1) is 8.00. The summed E-state index contributed by atoms with van der Waals surface area (Å²) in [6.07, 6.45) is 0.563. The highest BCUT2D eigenvalue weighted by Gasteiger charge is 2.12. The van der Waals surface area contributed by atoms with Gasteiger partial charge in [-0.1, -0.05) is 5.16 Å². The predicted octanol–water partition coefficient (Wildman–Crippen LogP) is 1.16. The van der Waals surface area contributed by atoms with Crippen molar-refractivity contribution in [2.75, 3.05) is 6.54 Å². The van der Waals surface area contributed by atoms with Crippen LogP contribution in [-0.4, -0.2) is 28.7 Å². The van der Waals surface area contributed by atoms with E-state index in [0.29, 0.717) is 17.7 Å². The van der Waals surface area contributed by atoms with Crippen molar-refractivity contribution in [1.29, 1.82) is 0 Å². The summed E-state index contributed by atoms with van der Waals surface area (Å²) in [6.45, 7) is 1.87. The number of carboxylic acid groups (broad SMARTS) is 1. The summed E-state index contributed by atoms with van der Waals surface area (Å²) in [7, 11) is 0. The molecule has 7 heteroatoms. The summed E-state index contributed by atoms with van der Waals surface area (Å²) in [6, 6.07) is 0. The number of nitrogens with zero attached hydrogens (tertiary/aromatic N) is 1. The minimum atomic E-state index is -0.941. The third kappa shape index (κ3) is 4.44. The van der Waals surface area contributed by atoms with E-state index in [4.69, 9.17) is 21.2 Å². The van der Waals surface area contributed by atoms with E-state index >= 15 is 0 Å². The van der Waals surface area contributed by atoms with E-state index in [-0.39, 0.29) is 30.5 Å². The Morgan fingerprint density at radius 3 is 2.71 bits per heavy atom. The zero-order valence-corrected chi connectivity index (χ0v) is 10.1. The summed E-state index contributed by atoms with van der Waals surface area (Å²) in [5.41, 5.74) is 1.37. The van der Waals surface area contributed by atoms with Crippen LogP contribution in [0.3, 0.4) is 0 Å². The highest BCUT2D eigenvalue weighted by Crippen LogP contribution is 2.20. The van der Waals surface area contributed by atoms with E-state index in [1.54, 1.807) is 6.92 Å². The lowest BCUT2D eigenvalue weighted by Gasteiger charge is -2.02. The van der Waals surface area contributed by atoms with Gasteiger partial charge in [-0.25, -0.2) is 0 Å². The number of carbonyl (C=O) groups excluding carboxylic acids is 1. The van der Waals surface area contributed by atoms with E-state index in [0.717, 1.165) is 0 Å². The summed E-state index contributed by atoms with van der Waals surface area (Å²) >= 11 is 5.74. The molecule has 0 fully saturated rings. The highest BCUT2D eigenvalue weighted by molar-refractivity contribution is 6.29. The Bertz CT molecular complexity index is 397. The van der Waals surface area contributed by atoms with Crippen molar-refractivity contribution in [2.45, 2.75) is 26.2 Å². The molecule has 94 valence electrons. The molecule has 0 atom stereocenters. The molecule has 1 amide bonds. The summed E-state index contributed by atoms with van der Waals surface area (Å²) in [5, 5.41) is 14.7. The summed E-state index contributed by atoms with van der Waals surface area (Å²) in [4.78, 5) is 21.6. The molecule has 0 aromatic carbocycles. The lowest BCUT2D eigenvalue weighted by atomic mass is 10.1. The Hall–Kier alpha value is -1.56. The molecule has 6 nitrogen and oxygen atoms in total. The van der Waals surface area contributed by atoms with Crippen molar-refractivity contribution < 1.29 is 19.2 Å². The Morgan fingerprint density at radius 1 is 1.47 bits per heavy atom. The molecule has 0 aliphatic rings. The SMILES string of the molecule is Cc1noc(Cl)c1CCC(=O)NCCC(=O)O. The topological polar surface area (TPSA) is 92.4 Å². The smallest absolute Gasteiger partial charge is 0.305 e. The van der Waals surface area contributed by atoms with Gasteiger partial charge in [-0.15, -0.1) is 0 Å². The van der Waals surface area contributed by atoms with E-state index in [1.807, 2.05) is 0 Å². The van der Waals surface area contributed by atoms with E-state index < -0.39 is 5.97 Å². The number of hydrogen-bond acceptors (Lipinski definition) is 4. The maximum absolute atomic E-state index is 11.3. The molecule has 0 unspecified atom stereocenters. The average Bonchev–Trinajstić information content (AvgIpc) is 2.55. The number of nitrogens with one attached hydrogen (secondary N) is 1. The van der Waals surface area contributed by atoms with Crippen LogP contribution in [0.5, 0.6) is 0 Å². The molecule has 17 heavy (non-hydrogen) atoms. The number of halogens is 1. The average molecular weight is 261 g/mol. The lowest BCUT2D eigenvalue weighted by molar-refractivity contribution is -0.136. The van der Waals surface area contributed by atoms with Crippen LogP contribution in [-0.2, 0) is 16.0 Å². The van der Waals surface area contributed by atoms with Gasteiger partial charge in [0.05, 0.1) is 12.1 Å². The fourth-order valence-corrected chi connectivity index (χ4v) is 1.54. The second-order valence-corrected chi connectivity index (χ2v) is 3.86. The van der Waals surface area contributed by atoms with Crippen LogP contribution in [0.15, 0.2) is 4.52 Å². The molecule has 2 N–H and O–H groups in total. The van der Waals surface area contributed by atoms with Gasteiger partial charge in [0.25, 0.3) is 0 Å². The maximum atomic E-state index is 11.3. The Morgan fingerprint density at radius 2 is 2.18 bits per heavy atom. The normalized spacial score (nSPS) is 10.2. The largest absolute Gasteiger partial charge is 0.481 e. The number of carbonyl (C=O) groups is 2. The second kappa shape index (κ2) is 6.24. The van der Waals surface area contributed by atoms with Crippen LogP contribution in [0.4, 0.5) is 0 Å². The van der Waals surface area contributed by atoms with Gasteiger partial charge in [0.15, 0.2) is 0 Å². The van der Waals surface area contributed by atoms with Crippen molar-refractivity contribution >= 4 is 23.5 Å². The third-order valence-electron chi connectivity index (χ3n) is 2.20. The zero-order chi connectivity index (χ0) is 12.8. The molecule has 0 radical (unpaired) electrons. The molecule has 0 spiro atoms. The van der Waals surface area contributed by atoms with E-state index in [9.17, 15) is 9.59 Å². The molecular formula is C10H13ClN2O4. The van der Waals surface area contributed by atoms with Crippen molar-refractivity contribution in [3.8, 4) is 0 Å². The van der Waals surface area contributed by atoms with Crippen LogP contribution in [0.25, 0.3) is 0 Å². The van der Waals surface area contributed by atoms with E-state index in [2.05, 4.69) is 10.5 Å². The van der Waals surface area contributed by atoms with Crippen LogP contribution in [0.1, 0.15) is 24.1 Å². The van der Waals surface area contributed by atoms with Gasteiger partial charge in [0, 0.05) is 18.5 Å². The summed E-state index contributed by atoms with van der Waals surface area (Å²) in [5.74, 6) is -1.16. The molecule has 1 aromatic rings. The van der Waals surface area contributed by atoms with Crippen LogP contribution < -0.4 is 5.32 Å². The van der Waals surface area contributed by atoms with Crippen LogP contribution in [0, 0.1) is 6.92 Å². The number of aryl methyl sites for hydroxylation is 1. The van der Waals surface area contributed by atoms with Crippen molar-refractivity contribution in [2.24, 2.45) is 0 Å². The maximum Gasteiger partial charge on any atom is 0.305 e. The zero-order valence-electron chi connectivity index (χ0n) is 9.33. The first-order valence-corrected chi connectivity index (χ1v) is 5.47. The van der Waals surface area contributed by atoms with Gasteiger partial charge in [0.1, 0.15) is 0 Å². The molecule has 0 aliphatic heterocycles. The highest BCUT2D eigenvalue weighted by atomic mass is 35.5. The van der Waals surface area contributed by atoms with Gasteiger partial charge in [-0.2, -0.15) is 0 Å². The molecule has 0 aliphatic carbocycles. The molecule has 0 saturated heterocycles. The lowest BCUT2D eigenvalue weighted by Crippen LogP contribution is -2.26. The predicted molar refractivity (Wildman–Crippen MR) is 59.8 cm³/mol. The molecular weight excluding hydrogens is 248 g/mol.